The van der Waals surface area contributed by atoms with Crippen LogP contribution in [0.2, 0.25) is 0 Å². The Bertz CT molecular complexity index is 516. The molecular formula is C13H12BrFN2. The lowest BCUT2D eigenvalue weighted by molar-refractivity contribution is 0.628. The van der Waals surface area contributed by atoms with Crippen molar-refractivity contribution in [1.82, 2.24) is 4.98 Å². The summed E-state index contributed by atoms with van der Waals surface area (Å²) in [7, 11) is 1.88. The first-order valence-corrected chi connectivity index (χ1v) is 6.33. The van der Waals surface area contributed by atoms with Crippen LogP contribution in [-0.2, 0) is 5.33 Å². The maximum atomic E-state index is 13.2. The average Bonchev–Trinajstić information content (AvgIpc) is 2.38. The van der Waals surface area contributed by atoms with Crippen molar-refractivity contribution in [3.63, 3.8) is 0 Å². The first kappa shape index (κ1) is 12.0. The van der Waals surface area contributed by atoms with Gasteiger partial charge in [-0.1, -0.05) is 28.1 Å². The van der Waals surface area contributed by atoms with Crippen LogP contribution < -0.4 is 4.90 Å². The molecule has 0 aliphatic carbocycles. The molecule has 0 amide bonds. The molecule has 0 radical (unpaired) electrons. The summed E-state index contributed by atoms with van der Waals surface area (Å²) in [6.07, 6.45) is 1.73. The lowest BCUT2D eigenvalue weighted by Gasteiger charge is -2.20. The molecule has 1 aromatic carbocycles. The van der Waals surface area contributed by atoms with E-state index in [9.17, 15) is 4.39 Å². The van der Waals surface area contributed by atoms with Crippen LogP contribution in [-0.4, -0.2) is 12.0 Å². The molecule has 0 spiro atoms. The fourth-order valence-electron chi connectivity index (χ4n) is 1.64. The second kappa shape index (κ2) is 5.27. The van der Waals surface area contributed by atoms with Crippen molar-refractivity contribution < 1.29 is 4.39 Å². The normalized spacial score (nSPS) is 10.3. The van der Waals surface area contributed by atoms with Crippen molar-refractivity contribution in [2.75, 3.05) is 11.9 Å². The first-order chi connectivity index (χ1) is 8.22. The van der Waals surface area contributed by atoms with Crippen LogP contribution in [0.25, 0.3) is 0 Å². The lowest BCUT2D eigenvalue weighted by atomic mass is 10.2. The third kappa shape index (κ3) is 2.64. The third-order valence-corrected chi connectivity index (χ3v) is 3.13. The van der Waals surface area contributed by atoms with Gasteiger partial charge in [-0.15, -0.1) is 0 Å². The Kier molecular flexibility index (Phi) is 3.74. The van der Waals surface area contributed by atoms with E-state index in [1.54, 1.807) is 12.3 Å². The van der Waals surface area contributed by atoms with Gasteiger partial charge < -0.3 is 4.90 Å². The van der Waals surface area contributed by atoms with Gasteiger partial charge in [-0.05, 0) is 24.3 Å². The van der Waals surface area contributed by atoms with Gasteiger partial charge in [-0.2, -0.15) is 0 Å². The maximum Gasteiger partial charge on any atom is 0.136 e. The number of hydrogen-bond donors (Lipinski definition) is 0. The van der Waals surface area contributed by atoms with Crippen LogP contribution in [0.4, 0.5) is 15.9 Å². The third-order valence-electron chi connectivity index (χ3n) is 2.52. The van der Waals surface area contributed by atoms with Crippen molar-refractivity contribution in [3.05, 3.63) is 54.0 Å². The summed E-state index contributed by atoms with van der Waals surface area (Å²) in [5, 5.41) is 0.718. The highest BCUT2D eigenvalue weighted by molar-refractivity contribution is 9.08. The predicted molar refractivity (Wildman–Crippen MR) is 71.3 cm³/mol. The summed E-state index contributed by atoms with van der Waals surface area (Å²) in [6.45, 7) is 0. The topological polar surface area (TPSA) is 16.1 Å². The molecule has 2 nitrogen and oxygen atoms in total. The van der Waals surface area contributed by atoms with Crippen molar-refractivity contribution in [3.8, 4) is 0 Å². The van der Waals surface area contributed by atoms with E-state index in [1.807, 2.05) is 30.1 Å². The van der Waals surface area contributed by atoms with E-state index in [2.05, 4.69) is 20.9 Å². The van der Waals surface area contributed by atoms with Gasteiger partial charge in [0.1, 0.15) is 11.6 Å². The first-order valence-electron chi connectivity index (χ1n) is 5.21. The van der Waals surface area contributed by atoms with Crippen molar-refractivity contribution in [2.24, 2.45) is 0 Å². The van der Waals surface area contributed by atoms with E-state index in [1.165, 1.54) is 12.1 Å². The molecule has 2 aromatic rings. The van der Waals surface area contributed by atoms with Gasteiger partial charge in [0.15, 0.2) is 0 Å². The fourth-order valence-corrected chi connectivity index (χ4v) is 2.08. The zero-order valence-electron chi connectivity index (χ0n) is 9.40. The number of pyridine rings is 1. The molecule has 0 unspecified atom stereocenters. The molecule has 17 heavy (non-hydrogen) atoms. The monoisotopic (exact) mass is 294 g/mol. The van der Waals surface area contributed by atoms with E-state index < -0.39 is 0 Å². The molecule has 0 atom stereocenters. The Hall–Kier alpha value is -1.42. The molecule has 1 aromatic heterocycles. The predicted octanol–water partition coefficient (Wildman–Crippen LogP) is 3.88. The highest BCUT2D eigenvalue weighted by atomic mass is 79.9. The lowest BCUT2D eigenvalue weighted by Crippen LogP contribution is -2.13. The number of anilines is 2. The Balaban J connectivity index is 2.40. The fraction of sp³-hybridized carbons (Fsp3) is 0.154. The van der Waals surface area contributed by atoms with Gasteiger partial charge in [0, 0.05) is 29.8 Å². The molecule has 0 saturated carbocycles. The number of benzene rings is 1. The molecular weight excluding hydrogens is 283 g/mol. The highest BCUT2D eigenvalue weighted by Crippen LogP contribution is 2.26. The summed E-state index contributed by atoms with van der Waals surface area (Å²) in [4.78, 5) is 6.20. The molecule has 4 heteroatoms. The number of nitrogens with zero attached hydrogens (tertiary/aromatic N) is 2. The summed E-state index contributed by atoms with van der Waals surface area (Å²) in [5.41, 5.74) is 1.85. The van der Waals surface area contributed by atoms with Crippen LogP contribution in [0.15, 0.2) is 42.6 Å². The molecule has 0 N–H and O–H groups in total. The van der Waals surface area contributed by atoms with Gasteiger partial charge in [0.05, 0.1) is 0 Å². The average molecular weight is 295 g/mol. The molecule has 1 heterocycles. The van der Waals surface area contributed by atoms with Crippen LogP contribution in [0.5, 0.6) is 0 Å². The minimum atomic E-state index is -0.245. The molecule has 0 bridgehead atoms. The van der Waals surface area contributed by atoms with Gasteiger partial charge in [0.2, 0.25) is 0 Å². The van der Waals surface area contributed by atoms with E-state index in [-0.39, 0.29) is 5.82 Å². The Morgan fingerprint density at radius 2 is 2.12 bits per heavy atom. The number of alkyl halides is 1. The smallest absolute Gasteiger partial charge is 0.136 e. The number of hydrogen-bond acceptors (Lipinski definition) is 2. The van der Waals surface area contributed by atoms with Gasteiger partial charge in [-0.3, -0.25) is 0 Å². The number of halogens is 2. The zero-order valence-corrected chi connectivity index (χ0v) is 11.0. The maximum absolute atomic E-state index is 13.2. The molecule has 0 saturated heterocycles. The highest BCUT2D eigenvalue weighted by Gasteiger charge is 2.09. The second-order valence-electron chi connectivity index (χ2n) is 3.66. The summed E-state index contributed by atoms with van der Waals surface area (Å²) >= 11 is 3.42. The van der Waals surface area contributed by atoms with Crippen LogP contribution in [0.1, 0.15) is 5.56 Å². The van der Waals surface area contributed by atoms with Gasteiger partial charge in [-0.25, -0.2) is 9.37 Å². The van der Waals surface area contributed by atoms with E-state index in [4.69, 9.17) is 0 Å². The Morgan fingerprint density at radius 1 is 1.29 bits per heavy atom. The van der Waals surface area contributed by atoms with E-state index in [0.29, 0.717) is 0 Å². The molecule has 0 fully saturated rings. The quantitative estimate of drug-likeness (QED) is 0.799. The number of rotatable bonds is 3. The Labute approximate surface area is 108 Å². The summed E-state index contributed by atoms with van der Waals surface area (Å²) in [5.74, 6) is 0.584. The zero-order chi connectivity index (χ0) is 12.3. The minimum absolute atomic E-state index is 0.245. The van der Waals surface area contributed by atoms with Crippen LogP contribution in [0.3, 0.4) is 0 Å². The van der Waals surface area contributed by atoms with Crippen molar-refractivity contribution >= 4 is 27.4 Å². The van der Waals surface area contributed by atoms with Crippen LogP contribution in [0, 0.1) is 5.82 Å². The second-order valence-corrected chi connectivity index (χ2v) is 4.22. The van der Waals surface area contributed by atoms with Crippen LogP contribution >= 0.6 is 15.9 Å². The van der Waals surface area contributed by atoms with Gasteiger partial charge >= 0.3 is 0 Å². The Morgan fingerprint density at radius 3 is 2.82 bits per heavy atom. The molecule has 0 aliphatic heterocycles. The SMILES string of the molecule is CN(c1cccc(F)c1)c1ncccc1CBr. The standard InChI is InChI=1S/C13H12BrFN2/c1-17(12-6-2-5-11(15)8-12)13-10(9-14)4-3-7-16-13/h2-8H,9H2,1H3. The minimum Gasteiger partial charge on any atom is -0.329 e. The van der Waals surface area contributed by atoms with Gasteiger partial charge in [0.25, 0.3) is 0 Å². The van der Waals surface area contributed by atoms with E-state index in [0.717, 1.165) is 22.4 Å². The molecule has 0 aliphatic rings. The largest absolute Gasteiger partial charge is 0.329 e. The van der Waals surface area contributed by atoms with E-state index >= 15 is 0 Å². The number of aromatic nitrogens is 1. The van der Waals surface area contributed by atoms with Crippen molar-refractivity contribution in [1.29, 1.82) is 0 Å². The van der Waals surface area contributed by atoms with Crippen molar-refractivity contribution in [2.45, 2.75) is 5.33 Å². The molecule has 2 rings (SSSR count). The summed E-state index contributed by atoms with van der Waals surface area (Å²) < 4.78 is 13.2. The molecule has 88 valence electrons. The summed E-state index contributed by atoms with van der Waals surface area (Å²) in [6, 6.07) is 10.4.